The Kier molecular flexibility index (Phi) is 10.9. The summed E-state index contributed by atoms with van der Waals surface area (Å²) in [6.07, 6.45) is 10.8. The highest BCUT2D eigenvalue weighted by atomic mass is 16.5. The van der Waals surface area contributed by atoms with Gasteiger partial charge in [-0.1, -0.05) is 74.7 Å². The number of hydrogen-bond donors (Lipinski definition) is 2. The molecule has 6 rings (SSSR count). The van der Waals surface area contributed by atoms with E-state index in [0.717, 1.165) is 82.3 Å². The summed E-state index contributed by atoms with van der Waals surface area (Å²) in [5.41, 5.74) is 23.4. The lowest BCUT2D eigenvalue weighted by Gasteiger charge is -2.42. The summed E-state index contributed by atoms with van der Waals surface area (Å²) < 4.78 is 12.9. The van der Waals surface area contributed by atoms with Crippen LogP contribution < -0.4 is 20.9 Å². The maximum atomic E-state index is 6.43. The maximum absolute atomic E-state index is 6.43. The van der Waals surface area contributed by atoms with E-state index in [2.05, 4.69) is 81.4 Å². The molecule has 4 nitrogen and oxygen atoms in total. The van der Waals surface area contributed by atoms with E-state index >= 15 is 0 Å². The van der Waals surface area contributed by atoms with Crippen molar-refractivity contribution in [1.82, 2.24) is 0 Å². The van der Waals surface area contributed by atoms with Crippen molar-refractivity contribution >= 4 is 11.4 Å². The van der Waals surface area contributed by atoms with E-state index in [1.54, 1.807) is 0 Å². The number of anilines is 2. The van der Waals surface area contributed by atoms with E-state index < -0.39 is 0 Å². The predicted molar refractivity (Wildman–Crippen MR) is 210 cm³/mol. The second-order valence-corrected chi connectivity index (χ2v) is 14.6. The van der Waals surface area contributed by atoms with Gasteiger partial charge in [-0.25, -0.2) is 0 Å². The Hall–Kier alpha value is -4.70. The predicted octanol–water partition coefficient (Wildman–Crippen LogP) is 12.4. The van der Waals surface area contributed by atoms with Crippen molar-refractivity contribution < 1.29 is 9.47 Å². The fourth-order valence-corrected chi connectivity index (χ4v) is 7.88. The number of ether oxygens (including phenoxy) is 2. The number of benzene rings is 5. The first-order valence-electron chi connectivity index (χ1n) is 18.5. The van der Waals surface area contributed by atoms with Gasteiger partial charge in [0, 0.05) is 16.8 Å². The fraction of sp³-hybridized carbons (Fsp3) is 0.348. The third kappa shape index (κ3) is 7.86. The molecule has 0 atom stereocenters. The quantitative estimate of drug-likeness (QED) is 0.103. The van der Waals surface area contributed by atoms with E-state index in [1.807, 2.05) is 50.2 Å². The smallest absolute Gasteiger partial charge is 0.130 e. The molecule has 0 aromatic heterocycles. The largest absolute Gasteiger partial charge is 0.457 e. The van der Waals surface area contributed by atoms with Crippen molar-refractivity contribution in [3.8, 4) is 23.0 Å². The number of unbranched alkanes of at least 4 members (excludes halogenated alkanes) is 3. The molecule has 1 aliphatic rings. The zero-order valence-electron chi connectivity index (χ0n) is 30.7. The van der Waals surface area contributed by atoms with Gasteiger partial charge in [0.05, 0.1) is 0 Å². The second-order valence-electron chi connectivity index (χ2n) is 14.6. The molecule has 4 heteroatoms. The fourth-order valence-electron chi connectivity index (χ4n) is 7.88. The van der Waals surface area contributed by atoms with Gasteiger partial charge >= 0.3 is 0 Å². The number of rotatable bonds is 12. The number of aryl methyl sites for hydroxylation is 5. The normalized spacial score (nSPS) is 14.4. The highest BCUT2D eigenvalue weighted by Crippen LogP contribution is 2.50. The van der Waals surface area contributed by atoms with Crippen LogP contribution in [0.15, 0.2) is 97.1 Å². The lowest BCUT2D eigenvalue weighted by molar-refractivity contribution is 0.314. The van der Waals surface area contributed by atoms with Crippen molar-refractivity contribution in [2.75, 3.05) is 11.5 Å². The molecule has 0 amide bonds. The molecule has 1 fully saturated rings. The van der Waals surface area contributed by atoms with Crippen molar-refractivity contribution in [2.24, 2.45) is 0 Å². The molecule has 50 heavy (non-hydrogen) atoms. The SMILES string of the molecule is CCCCCCc1cccc(C2CCC(c3ccc(Oc4ccc(N)cc4C)c(C)c3)(c3ccc(Oc4ccc(N)cc4C)c(C)c3)CC2)c1. The van der Waals surface area contributed by atoms with Crippen LogP contribution in [0.3, 0.4) is 0 Å². The van der Waals surface area contributed by atoms with Crippen LogP contribution in [0.5, 0.6) is 23.0 Å². The monoisotopic (exact) mass is 666 g/mol. The third-order valence-electron chi connectivity index (χ3n) is 10.9. The number of nitrogen functional groups attached to an aromatic ring is 2. The zero-order valence-corrected chi connectivity index (χ0v) is 30.7. The minimum atomic E-state index is -0.116. The summed E-state index contributed by atoms with van der Waals surface area (Å²) >= 11 is 0. The maximum Gasteiger partial charge on any atom is 0.130 e. The number of hydrogen-bond acceptors (Lipinski definition) is 4. The van der Waals surface area contributed by atoms with Crippen LogP contribution in [-0.2, 0) is 11.8 Å². The van der Waals surface area contributed by atoms with Crippen molar-refractivity contribution in [1.29, 1.82) is 0 Å². The Morgan fingerprint density at radius 1 is 0.580 bits per heavy atom. The standard InChI is InChI=1S/C46H54N2O2/c1-6-7-8-9-11-35-12-10-13-37(30-35)36-22-24-46(25-23-36,38-14-18-42(31(2)26-38)49-44-20-16-40(47)28-33(44)4)39-15-19-43(32(3)27-39)50-45-21-17-41(48)29-34(45)5/h10,12-21,26-30,36H,6-9,11,22-25,47-48H2,1-5H3. The highest BCUT2D eigenvalue weighted by molar-refractivity contribution is 5.53. The average Bonchev–Trinajstić information content (AvgIpc) is 3.11. The van der Waals surface area contributed by atoms with Crippen LogP contribution in [0.25, 0.3) is 0 Å². The number of nitrogens with two attached hydrogens (primary N) is 2. The molecule has 0 spiro atoms. The lowest BCUT2D eigenvalue weighted by atomic mass is 9.62. The first kappa shape index (κ1) is 35.1. The summed E-state index contributed by atoms with van der Waals surface area (Å²) in [6, 6.07) is 34.7. The molecule has 1 aliphatic carbocycles. The molecular weight excluding hydrogens is 613 g/mol. The molecule has 5 aromatic rings. The van der Waals surface area contributed by atoms with E-state index in [0.29, 0.717) is 5.92 Å². The molecule has 0 heterocycles. The molecular formula is C46H54N2O2. The van der Waals surface area contributed by atoms with E-state index in [-0.39, 0.29) is 5.41 Å². The summed E-state index contributed by atoms with van der Waals surface area (Å²) in [5.74, 6) is 3.98. The van der Waals surface area contributed by atoms with Crippen molar-refractivity contribution in [2.45, 2.75) is 104 Å². The van der Waals surface area contributed by atoms with E-state index in [1.165, 1.54) is 54.4 Å². The van der Waals surface area contributed by atoms with Gasteiger partial charge < -0.3 is 20.9 Å². The molecule has 5 aromatic carbocycles. The van der Waals surface area contributed by atoms with Crippen LogP contribution in [0, 0.1) is 27.7 Å². The molecule has 0 unspecified atom stereocenters. The average molecular weight is 667 g/mol. The van der Waals surface area contributed by atoms with Gasteiger partial charge in [-0.3, -0.25) is 0 Å². The van der Waals surface area contributed by atoms with Crippen LogP contribution >= 0.6 is 0 Å². The van der Waals surface area contributed by atoms with Gasteiger partial charge in [-0.15, -0.1) is 0 Å². The highest BCUT2D eigenvalue weighted by Gasteiger charge is 2.39. The topological polar surface area (TPSA) is 70.5 Å². The molecule has 0 aliphatic heterocycles. The Bertz CT molecular complexity index is 1830. The molecule has 0 bridgehead atoms. The van der Waals surface area contributed by atoms with Crippen LogP contribution in [-0.4, -0.2) is 0 Å². The molecule has 0 saturated heterocycles. The summed E-state index contributed by atoms with van der Waals surface area (Å²) in [5, 5.41) is 0. The minimum Gasteiger partial charge on any atom is -0.457 e. The van der Waals surface area contributed by atoms with Gasteiger partial charge in [0.25, 0.3) is 0 Å². The first-order valence-corrected chi connectivity index (χ1v) is 18.5. The third-order valence-corrected chi connectivity index (χ3v) is 10.9. The first-order chi connectivity index (χ1) is 24.1. The van der Waals surface area contributed by atoms with Crippen LogP contribution in [0.4, 0.5) is 11.4 Å². The van der Waals surface area contributed by atoms with Gasteiger partial charge in [0.15, 0.2) is 0 Å². The molecule has 0 radical (unpaired) electrons. The minimum absolute atomic E-state index is 0.116. The Morgan fingerprint density at radius 3 is 1.56 bits per heavy atom. The molecule has 1 saturated carbocycles. The van der Waals surface area contributed by atoms with Gasteiger partial charge in [0.2, 0.25) is 0 Å². The van der Waals surface area contributed by atoms with Crippen molar-refractivity contribution in [3.05, 3.63) is 142 Å². The van der Waals surface area contributed by atoms with Crippen molar-refractivity contribution in [3.63, 3.8) is 0 Å². The van der Waals surface area contributed by atoms with Gasteiger partial charge in [-0.05, 0) is 165 Å². The summed E-state index contributed by atoms with van der Waals surface area (Å²) in [4.78, 5) is 0. The summed E-state index contributed by atoms with van der Waals surface area (Å²) in [7, 11) is 0. The molecule has 4 N–H and O–H groups in total. The Labute approximate surface area is 299 Å². The zero-order chi connectivity index (χ0) is 35.3. The second kappa shape index (κ2) is 15.5. The lowest BCUT2D eigenvalue weighted by Crippen LogP contribution is -2.33. The Balaban J connectivity index is 1.30. The summed E-state index contributed by atoms with van der Waals surface area (Å²) in [6.45, 7) is 10.7. The van der Waals surface area contributed by atoms with Gasteiger partial charge in [-0.2, -0.15) is 0 Å². The van der Waals surface area contributed by atoms with Gasteiger partial charge in [0.1, 0.15) is 23.0 Å². The van der Waals surface area contributed by atoms with Crippen LogP contribution in [0.1, 0.15) is 109 Å². The molecule has 260 valence electrons. The Morgan fingerprint density at radius 2 is 1.08 bits per heavy atom. The van der Waals surface area contributed by atoms with E-state index in [9.17, 15) is 0 Å². The van der Waals surface area contributed by atoms with E-state index in [4.69, 9.17) is 20.9 Å². The van der Waals surface area contributed by atoms with Crippen LogP contribution in [0.2, 0.25) is 0 Å².